The van der Waals surface area contributed by atoms with Crippen LogP contribution in [0.3, 0.4) is 0 Å². The van der Waals surface area contributed by atoms with Crippen LogP contribution in [0, 0.1) is 6.92 Å². The molecule has 9 nitrogen and oxygen atoms in total. The second-order valence-corrected chi connectivity index (χ2v) is 8.62. The molecule has 28 heavy (non-hydrogen) atoms. The van der Waals surface area contributed by atoms with E-state index in [9.17, 15) is 13.2 Å². The summed E-state index contributed by atoms with van der Waals surface area (Å²) in [5, 5.41) is 2.71. The highest BCUT2D eigenvalue weighted by Gasteiger charge is 2.27. The van der Waals surface area contributed by atoms with E-state index in [0.717, 1.165) is 0 Å². The van der Waals surface area contributed by atoms with E-state index in [4.69, 9.17) is 0 Å². The van der Waals surface area contributed by atoms with Gasteiger partial charge in [0.05, 0.1) is 17.6 Å². The number of hydrogen-bond donors (Lipinski definition) is 1. The fourth-order valence-corrected chi connectivity index (χ4v) is 4.50. The zero-order valence-corrected chi connectivity index (χ0v) is 16.8. The normalized spacial score (nSPS) is 15.4. The third-order valence-corrected chi connectivity index (χ3v) is 6.56. The first kappa shape index (κ1) is 20.2. The number of amides is 1. The number of sulfonamides is 1. The van der Waals surface area contributed by atoms with Gasteiger partial charge in [0, 0.05) is 35.2 Å². The minimum absolute atomic E-state index is 0. The van der Waals surface area contributed by atoms with Crippen molar-refractivity contribution in [3.05, 3.63) is 42.0 Å². The van der Waals surface area contributed by atoms with Gasteiger partial charge in [0.25, 0.3) is 5.91 Å². The lowest BCUT2D eigenvalue weighted by atomic mass is 10.3. The van der Waals surface area contributed by atoms with Crippen molar-refractivity contribution in [3.8, 4) is 0 Å². The molecule has 10 heteroatoms. The van der Waals surface area contributed by atoms with E-state index in [1.165, 1.54) is 4.31 Å². The summed E-state index contributed by atoms with van der Waals surface area (Å²) in [6.07, 6.45) is 3.81. The molecular formula is C18H28N6O3S. The van der Waals surface area contributed by atoms with Crippen molar-refractivity contribution in [1.29, 1.82) is 0 Å². The highest BCUT2D eigenvalue weighted by molar-refractivity contribution is 7.89. The number of aromatic nitrogens is 3. The van der Waals surface area contributed by atoms with Crippen LogP contribution in [0.1, 0.15) is 32.4 Å². The van der Waals surface area contributed by atoms with Gasteiger partial charge in [-0.15, -0.1) is 0 Å². The molecule has 0 aromatic carbocycles. The van der Waals surface area contributed by atoms with Crippen LogP contribution in [0.4, 0.5) is 11.6 Å². The highest BCUT2D eigenvalue weighted by atomic mass is 32.2. The van der Waals surface area contributed by atoms with E-state index < -0.39 is 10.0 Å². The molecule has 0 radical (unpaired) electrons. The van der Waals surface area contributed by atoms with Crippen LogP contribution in [0.5, 0.6) is 0 Å². The maximum Gasteiger partial charge on any atom is 0.277 e. The van der Waals surface area contributed by atoms with Gasteiger partial charge in [-0.05, 0) is 25.5 Å². The zero-order valence-electron chi connectivity index (χ0n) is 16.0. The lowest BCUT2D eigenvalue weighted by Crippen LogP contribution is -2.49. The number of anilines is 2. The second kappa shape index (κ2) is 8.61. The van der Waals surface area contributed by atoms with Crippen LogP contribution >= 0.6 is 0 Å². The van der Waals surface area contributed by atoms with Crippen LogP contribution in [0.25, 0.3) is 0 Å². The lowest BCUT2D eigenvalue weighted by molar-refractivity contribution is 0.102. The predicted molar refractivity (Wildman–Crippen MR) is 111 cm³/mol. The van der Waals surface area contributed by atoms with Gasteiger partial charge in [0.15, 0.2) is 5.69 Å². The molecule has 0 unspecified atom stereocenters. The van der Waals surface area contributed by atoms with Crippen LogP contribution in [0.2, 0.25) is 0 Å². The molecule has 2 aromatic rings. The van der Waals surface area contributed by atoms with Gasteiger partial charge in [-0.1, -0.05) is 13.0 Å². The summed E-state index contributed by atoms with van der Waals surface area (Å²) in [5.74, 6) is 0.780. The largest absolute Gasteiger partial charge is 0.353 e. The average Bonchev–Trinajstić information content (AvgIpc) is 2.69. The number of aryl methyl sites for hydroxylation is 1. The Balaban J connectivity index is 0.00000225. The SMILES string of the molecule is CCCS(=O)(=O)N1CCN(c2cnc(C)c(C(=O)Nc3ccccn3)n2)CC1.[HH].[HH]. The Morgan fingerprint density at radius 2 is 1.96 bits per heavy atom. The van der Waals surface area contributed by atoms with E-state index >= 15 is 0 Å². The lowest BCUT2D eigenvalue weighted by Gasteiger charge is -2.34. The molecule has 1 amide bonds. The number of hydrogen-bond acceptors (Lipinski definition) is 7. The van der Waals surface area contributed by atoms with Crippen molar-refractivity contribution in [1.82, 2.24) is 19.3 Å². The van der Waals surface area contributed by atoms with Gasteiger partial charge < -0.3 is 10.2 Å². The number of carbonyl (C=O) groups is 1. The second-order valence-electron chi connectivity index (χ2n) is 6.53. The first-order chi connectivity index (χ1) is 13.4. The Bertz CT molecular complexity index is 938. The van der Waals surface area contributed by atoms with Gasteiger partial charge in [0.2, 0.25) is 10.0 Å². The smallest absolute Gasteiger partial charge is 0.277 e. The number of rotatable bonds is 6. The van der Waals surface area contributed by atoms with Gasteiger partial charge >= 0.3 is 0 Å². The minimum Gasteiger partial charge on any atom is -0.353 e. The molecule has 0 saturated carbocycles. The Kier molecular flexibility index (Phi) is 6.20. The Morgan fingerprint density at radius 1 is 1.21 bits per heavy atom. The van der Waals surface area contributed by atoms with Crippen LogP contribution in [-0.4, -0.2) is 65.5 Å². The quantitative estimate of drug-likeness (QED) is 0.776. The van der Waals surface area contributed by atoms with Gasteiger partial charge in [-0.2, -0.15) is 4.31 Å². The van der Waals surface area contributed by atoms with Crippen molar-refractivity contribution >= 4 is 27.6 Å². The number of pyridine rings is 1. The molecule has 1 saturated heterocycles. The highest BCUT2D eigenvalue weighted by Crippen LogP contribution is 2.17. The summed E-state index contributed by atoms with van der Waals surface area (Å²) in [6.45, 7) is 5.37. The van der Waals surface area contributed by atoms with Crippen molar-refractivity contribution in [2.75, 3.05) is 42.1 Å². The fourth-order valence-electron chi connectivity index (χ4n) is 3.00. The molecule has 0 spiro atoms. The summed E-state index contributed by atoms with van der Waals surface area (Å²) in [6, 6.07) is 5.24. The van der Waals surface area contributed by atoms with Crippen LogP contribution in [-0.2, 0) is 10.0 Å². The molecule has 154 valence electrons. The average molecular weight is 409 g/mol. The molecule has 3 heterocycles. The van der Waals surface area contributed by atoms with E-state index in [2.05, 4.69) is 20.3 Å². The predicted octanol–water partition coefficient (Wildman–Crippen LogP) is 1.79. The van der Waals surface area contributed by atoms with Crippen LogP contribution in [0.15, 0.2) is 30.6 Å². The summed E-state index contributed by atoms with van der Waals surface area (Å²) in [7, 11) is -3.20. The molecule has 1 aliphatic rings. The number of nitrogens with one attached hydrogen (secondary N) is 1. The third-order valence-electron chi connectivity index (χ3n) is 4.48. The Morgan fingerprint density at radius 3 is 2.61 bits per heavy atom. The number of nitrogens with zero attached hydrogens (tertiary/aromatic N) is 5. The summed E-state index contributed by atoms with van der Waals surface area (Å²) in [5.41, 5.74) is 0.741. The summed E-state index contributed by atoms with van der Waals surface area (Å²) in [4.78, 5) is 27.4. The standard InChI is InChI=1S/C18H24N6O3S.2H2/c1-3-12-28(26,27)24-10-8-23(9-11-24)16-13-20-14(2)17(22-16)18(25)21-15-6-4-5-7-19-15;;/h4-7,13H,3,8-12H2,1-2H3,(H,19,21,25);2*1H. The van der Waals surface area contributed by atoms with Gasteiger partial charge in [0.1, 0.15) is 11.6 Å². The molecule has 3 rings (SSSR count). The summed E-state index contributed by atoms with van der Waals surface area (Å²) >= 11 is 0. The minimum atomic E-state index is -3.20. The molecule has 1 N–H and O–H groups in total. The zero-order chi connectivity index (χ0) is 20.1. The van der Waals surface area contributed by atoms with Gasteiger partial charge in [-0.3, -0.25) is 9.78 Å². The van der Waals surface area contributed by atoms with Crippen LogP contribution < -0.4 is 10.2 Å². The first-order valence-corrected chi connectivity index (χ1v) is 10.8. The van der Waals surface area contributed by atoms with Crippen molar-refractivity contribution in [2.45, 2.75) is 20.3 Å². The van der Waals surface area contributed by atoms with Crippen molar-refractivity contribution in [3.63, 3.8) is 0 Å². The fraction of sp³-hybridized carbons (Fsp3) is 0.444. The maximum absolute atomic E-state index is 12.6. The van der Waals surface area contributed by atoms with E-state index in [0.29, 0.717) is 49.9 Å². The number of carbonyl (C=O) groups excluding carboxylic acids is 1. The van der Waals surface area contributed by atoms with E-state index in [1.807, 2.05) is 11.8 Å². The van der Waals surface area contributed by atoms with Gasteiger partial charge in [-0.25, -0.2) is 18.4 Å². The number of piperazine rings is 1. The monoisotopic (exact) mass is 408 g/mol. The molecule has 1 aliphatic heterocycles. The molecule has 0 aliphatic carbocycles. The molecule has 2 aromatic heterocycles. The van der Waals surface area contributed by atoms with Crippen molar-refractivity contribution in [2.24, 2.45) is 0 Å². The first-order valence-electron chi connectivity index (χ1n) is 9.19. The van der Waals surface area contributed by atoms with E-state index in [1.54, 1.807) is 37.5 Å². The molecule has 1 fully saturated rings. The molecule has 0 bridgehead atoms. The Hall–Kier alpha value is -2.59. The maximum atomic E-state index is 12.6. The topological polar surface area (TPSA) is 108 Å². The molecule has 0 atom stereocenters. The Labute approximate surface area is 167 Å². The van der Waals surface area contributed by atoms with E-state index in [-0.39, 0.29) is 20.2 Å². The molecular weight excluding hydrogens is 380 g/mol. The van der Waals surface area contributed by atoms with Crippen molar-refractivity contribution < 1.29 is 16.1 Å². The summed E-state index contributed by atoms with van der Waals surface area (Å²) < 4.78 is 25.9. The third kappa shape index (κ3) is 4.63.